The third-order valence-electron chi connectivity index (χ3n) is 3.99. The first-order chi connectivity index (χ1) is 13.0. The highest BCUT2D eigenvalue weighted by Gasteiger charge is 2.42. The van der Waals surface area contributed by atoms with E-state index in [9.17, 15) is 14.0 Å². The molecule has 27 heavy (non-hydrogen) atoms. The summed E-state index contributed by atoms with van der Waals surface area (Å²) in [5.74, 6) is -1.30. The van der Waals surface area contributed by atoms with Gasteiger partial charge in [-0.05, 0) is 49.9 Å². The molecule has 0 bridgehead atoms. The summed E-state index contributed by atoms with van der Waals surface area (Å²) in [4.78, 5) is 29.4. The number of thioether (sulfide) groups is 1. The topological polar surface area (TPSA) is 78.4 Å². The Balaban J connectivity index is 2.02. The zero-order valence-corrected chi connectivity index (χ0v) is 16.7. The molecular formula is C17H18FN5O2S2. The summed E-state index contributed by atoms with van der Waals surface area (Å²) in [6, 6.07) is 5.29. The summed E-state index contributed by atoms with van der Waals surface area (Å²) in [7, 11) is 1.73. The minimum atomic E-state index is -0.445. The van der Waals surface area contributed by atoms with Crippen LogP contribution >= 0.6 is 23.1 Å². The number of carbonyl (C=O) groups excluding carboxylic acids is 2. The molecule has 0 fully saturated rings. The van der Waals surface area contributed by atoms with Crippen molar-refractivity contribution < 1.29 is 14.0 Å². The smallest absolute Gasteiger partial charge is 0.283 e. The van der Waals surface area contributed by atoms with Crippen molar-refractivity contribution in [2.24, 2.45) is 0 Å². The van der Waals surface area contributed by atoms with E-state index in [-0.39, 0.29) is 0 Å². The van der Waals surface area contributed by atoms with Gasteiger partial charge < -0.3 is 10.2 Å². The molecule has 10 heteroatoms. The normalized spacial score (nSPS) is 14.3. The molecular weight excluding hydrogens is 389 g/mol. The maximum Gasteiger partial charge on any atom is 0.283 e. The lowest BCUT2D eigenvalue weighted by Crippen LogP contribution is -2.35. The molecule has 0 radical (unpaired) electrons. The van der Waals surface area contributed by atoms with E-state index in [4.69, 9.17) is 0 Å². The number of likely N-dealkylation sites (N-methyl/N-ethyl adjacent to an activating group) is 1. The quantitative estimate of drug-likeness (QED) is 0.707. The molecule has 2 heterocycles. The molecule has 0 saturated heterocycles. The van der Waals surface area contributed by atoms with Crippen molar-refractivity contribution >= 4 is 45.7 Å². The molecule has 7 nitrogen and oxygen atoms in total. The number of carbonyl (C=O) groups is 2. The van der Waals surface area contributed by atoms with E-state index in [2.05, 4.69) is 15.5 Å². The Kier molecular flexibility index (Phi) is 5.76. The Morgan fingerprint density at radius 1 is 1.15 bits per heavy atom. The lowest BCUT2D eigenvalue weighted by molar-refractivity contribution is -0.121. The van der Waals surface area contributed by atoms with Gasteiger partial charge in [-0.2, -0.15) is 0 Å². The Bertz CT molecular complexity index is 893. The number of nitrogens with one attached hydrogen (secondary N) is 1. The van der Waals surface area contributed by atoms with Crippen molar-refractivity contribution in [2.45, 2.75) is 18.2 Å². The Labute approximate surface area is 164 Å². The van der Waals surface area contributed by atoms with E-state index in [1.165, 1.54) is 35.6 Å². The van der Waals surface area contributed by atoms with Crippen LogP contribution in [0.4, 0.5) is 15.2 Å². The summed E-state index contributed by atoms with van der Waals surface area (Å²) >= 11 is 2.42. The number of imide groups is 1. The third kappa shape index (κ3) is 3.67. The molecule has 0 spiro atoms. The molecule has 0 saturated carbocycles. The number of benzene rings is 1. The molecule has 0 aliphatic carbocycles. The van der Waals surface area contributed by atoms with Gasteiger partial charge in [0, 0.05) is 20.1 Å². The van der Waals surface area contributed by atoms with Gasteiger partial charge in [-0.15, -0.1) is 10.2 Å². The van der Waals surface area contributed by atoms with Gasteiger partial charge in [-0.25, -0.2) is 9.29 Å². The van der Waals surface area contributed by atoms with Crippen LogP contribution in [-0.2, 0) is 9.59 Å². The SMILES string of the molecule is CCN(CC)C1=C(Sc2nnc(NC)s2)C(=O)N(c2ccc(F)cc2)C1=O. The minimum Gasteiger partial charge on any atom is -0.367 e. The number of nitrogens with zero attached hydrogens (tertiary/aromatic N) is 4. The van der Waals surface area contributed by atoms with Crippen LogP contribution in [0.2, 0.25) is 0 Å². The van der Waals surface area contributed by atoms with Crippen LogP contribution in [0.25, 0.3) is 0 Å². The summed E-state index contributed by atoms with van der Waals surface area (Å²) in [5.41, 5.74) is 0.667. The van der Waals surface area contributed by atoms with Gasteiger partial charge in [-0.1, -0.05) is 11.3 Å². The van der Waals surface area contributed by atoms with Crippen molar-refractivity contribution in [3.05, 3.63) is 40.7 Å². The Morgan fingerprint density at radius 3 is 2.37 bits per heavy atom. The second-order valence-corrected chi connectivity index (χ2v) is 7.73. The Hall–Kier alpha value is -2.46. The average molecular weight is 407 g/mol. The van der Waals surface area contributed by atoms with E-state index < -0.39 is 17.6 Å². The number of rotatable bonds is 7. The number of anilines is 2. The second-order valence-electron chi connectivity index (χ2n) is 5.50. The largest absolute Gasteiger partial charge is 0.367 e. The molecule has 1 aliphatic heterocycles. The first kappa shape index (κ1) is 19.3. The van der Waals surface area contributed by atoms with Gasteiger partial charge in [0.25, 0.3) is 11.8 Å². The van der Waals surface area contributed by atoms with Gasteiger partial charge in [0.15, 0.2) is 4.34 Å². The van der Waals surface area contributed by atoms with E-state index in [0.717, 1.165) is 16.7 Å². The van der Waals surface area contributed by atoms with Crippen LogP contribution in [-0.4, -0.2) is 47.0 Å². The number of hydrogen-bond donors (Lipinski definition) is 1. The number of aromatic nitrogens is 2. The summed E-state index contributed by atoms with van der Waals surface area (Å²) in [6.45, 7) is 4.98. The predicted octanol–water partition coefficient (Wildman–Crippen LogP) is 2.94. The maximum absolute atomic E-state index is 13.3. The molecule has 3 rings (SSSR count). The molecule has 0 atom stereocenters. The average Bonchev–Trinajstić information content (AvgIpc) is 3.22. The molecule has 0 unspecified atom stereocenters. The van der Waals surface area contributed by atoms with Crippen molar-refractivity contribution in [3.63, 3.8) is 0 Å². The first-order valence-corrected chi connectivity index (χ1v) is 9.96. The summed E-state index contributed by atoms with van der Waals surface area (Å²) in [6.07, 6.45) is 0. The fourth-order valence-electron chi connectivity index (χ4n) is 2.67. The Morgan fingerprint density at radius 2 is 1.81 bits per heavy atom. The van der Waals surface area contributed by atoms with Crippen LogP contribution in [0.15, 0.2) is 39.2 Å². The van der Waals surface area contributed by atoms with Crippen molar-refractivity contribution in [3.8, 4) is 0 Å². The summed E-state index contributed by atoms with van der Waals surface area (Å²) < 4.78 is 13.8. The standard InChI is InChI=1S/C17H18FN5O2S2/c1-4-22(5-2)12-13(26-17-21-20-16(19-3)27-17)15(25)23(14(12)24)11-8-6-10(18)7-9-11/h6-9H,4-5H2,1-3H3,(H,19,20). The maximum atomic E-state index is 13.3. The van der Waals surface area contributed by atoms with Crippen molar-refractivity contribution in [1.29, 1.82) is 0 Å². The lowest BCUT2D eigenvalue weighted by Gasteiger charge is -2.22. The third-order valence-corrected chi connectivity index (χ3v) is 6.06. The predicted molar refractivity (Wildman–Crippen MR) is 104 cm³/mol. The van der Waals surface area contributed by atoms with E-state index in [0.29, 0.717) is 38.9 Å². The monoisotopic (exact) mass is 407 g/mol. The van der Waals surface area contributed by atoms with E-state index in [1.807, 2.05) is 18.7 Å². The van der Waals surface area contributed by atoms with Crippen LogP contribution in [0.3, 0.4) is 0 Å². The highest BCUT2D eigenvalue weighted by molar-refractivity contribution is 8.05. The number of amides is 2. The zero-order valence-electron chi connectivity index (χ0n) is 15.0. The van der Waals surface area contributed by atoms with Crippen LogP contribution in [0.1, 0.15) is 13.8 Å². The molecule has 1 aromatic heterocycles. The minimum absolute atomic E-state index is 0.298. The van der Waals surface area contributed by atoms with Gasteiger partial charge in [0.05, 0.1) is 5.69 Å². The molecule has 2 amide bonds. The van der Waals surface area contributed by atoms with Gasteiger partial charge in [0.1, 0.15) is 16.4 Å². The van der Waals surface area contributed by atoms with Crippen molar-refractivity contribution in [1.82, 2.24) is 15.1 Å². The van der Waals surface area contributed by atoms with Crippen LogP contribution in [0, 0.1) is 5.82 Å². The van der Waals surface area contributed by atoms with Crippen LogP contribution in [0.5, 0.6) is 0 Å². The van der Waals surface area contributed by atoms with Gasteiger partial charge in [-0.3, -0.25) is 9.59 Å². The molecule has 142 valence electrons. The highest BCUT2D eigenvalue weighted by atomic mass is 32.2. The van der Waals surface area contributed by atoms with E-state index in [1.54, 1.807) is 7.05 Å². The zero-order chi connectivity index (χ0) is 19.6. The number of halogens is 1. The summed E-state index contributed by atoms with van der Waals surface area (Å²) in [5, 5.41) is 11.5. The van der Waals surface area contributed by atoms with E-state index >= 15 is 0 Å². The molecule has 2 aromatic rings. The molecule has 1 aliphatic rings. The fraction of sp³-hybridized carbons (Fsp3) is 0.294. The van der Waals surface area contributed by atoms with Crippen molar-refractivity contribution in [2.75, 3.05) is 30.4 Å². The van der Waals surface area contributed by atoms with Gasteiger partial charge in [0.2, 0.25) is 5.13 Å². The molecule has 1 N–H and O–H groups in total. The molecule has 1 aromatic carbocycles. The lowest BCUT2D eigenvalue weighted by atomic mass is 10.3. The first-order valence-electron chi connectivity index (χ1n) is 8.32. The van der Waals surface area contributed by atoms with Gasteiger partial charge >= 0.3 is 0 Å². The fourth-order valence-corrected chi connectivity index (χ4v) is 4.50. The van der Waals surface area contributed by atoms with Crippen LogP contribution < -0.4 is 10.2 Å². The highest BCUT2D eigenvalue weighted by Crippen LogP contribution is 2.40. The second kappa shape index (κ2) is 8.05. The number of hydrogen-bond acceptors (Lipinski definition) is 8.